The van der Waals surface area contributed by atoms with Gasteiger partial charge in [-0.15, -0.1) is 0 Å². The molecule has 1 aliphatic carbocycles. The Hall–Kier alpha value is -2.27. The maximum absolute atomic E-state index is 12.6. The molecule has 4 atom stereocenters. The van der Waals surface area contributed by atoms with Crippen LogP contribution in [0.5, 0.6) is 11.5 Å². The summed E-state index contributed by atoms with van der Waals surface area (Å²) in [6.45, 7) is 1.87. The van der Waals surface area contributed by atoms with E-state index in [1.165, 1.54) is 6.07 Å². The number of cyclic esters (lactones) is 1. The van der Waals surface area contributed by atoms with Gasteiger partial charge in [0.05, 0.1) is 12.2 Å². The highest BCUT2D eigenvalue weighted by Gasteiger charge is 2.36. The second kappa shape index (κ2) is 7.31. The van der Waals surface area contributed by atoms with Crippen molar-refractivity contribution < 1.29 is 24.5 Å². The van der Waals surface area contributed by atoms with Gasteiger partial charge < -0.3 is 19.7 Å². The largest absolute Gasteiger partial charge is 0.508 e. The standard InChI is InChI=1S/C20H24O5/c1-12-7-14-8-13(14)5-3-4-6-17(24-2)10-15-9-16(21)11-18(22)19(15)20(23)25-12/h3-6,9,11-14,17,21-22H,7-8,10H2,1-2H3/b5-3+,6-4+/t12-,13+,14+,17+/m1/s1. The van der Waals surface area contributed by atoms with Crippen LogP contribution in [0.3, 0.4) is 0 Å². The van der Waals surface area contributed by atoms with Gasteiger partial charge in [-0.3, -0.25) is 0 Å². The quantitative estimate of drug-likeness (QED) is 0.764. The third-order valence-electron chi connectivity index (χ3n) is 4.83. The summed E-state index contributed by atoms with van der Waals surface area (Å²) in [6.07, 6.45) is 9.79. The van der Waals surface area contributed by atoms with Crippen molar-refractivity contribution in [1.82, 2.24) is 0 Å². The summed E-state index contributed by atoms with van der Waals surface area (Å²) in [5, 5.41) is 20.0. The molecular formula is C20H24O5. The molecule has 25 heavy (non-hydrogen) atoms. The number of hydrogen-bond acceptors (Lipinski definition) is 5. The highest BCUT2D eigenvalue weighted by molar-refractivity contribution is 5.94. The van der Waals surface area contributed by atoms with Crippen molar-refractivity contribution >= 4 is 5.97 Å². The third kappa shape index (κ3) is 4.23. The molecule has 0 bridgehead atoms. The number of allylic oxidation sites excluding steroid dienone is 3. The van der Waals surface area contributed by atoms with Gasteiger partial charge in [0.2, 0.25) is 0 Å². The molecule has 1 saturated carbocycles. The van der Waals surface area contributed by atoms with E-state index in [9.17, 15) is 15.0 Å². The lowest BCUT2D eigenvalue weighted by atomic mass is 9.99. The first-order valence-corrected chi connectivity index (χ1v) is 8.61. The zero-order chi connectivity index (χ0) is 18.0. The van der Waals surface area contributed by atoms with Crippen LogP contribution in [0, 0.1) is 11.8 Å². The first-order valence-electron chi connectivity index (χ1n) is 8.61. The van der Waals surface area contributed by atoms with E-state index in [0.29, 0.717) is 23.8 Å². The van der Waals surface area contributed by atoms with Crippen molar-refractivity contribution in [3.8, 4) is 11.5 Å². The lowest BCUT2D eigenvalue weighted by Gasteiger charge is -2.18. The van der Waals surface area contributed by atoms with Gasteiger partial charge in [0.1, 0.15) is 17.1 Å². The normalized spacial score (nSPS) is 31.8. The molecule has 5 heteroatoms. The van der Waals surface area contributed by atoms with Crippen LogP contribution in [-0.2, 0) is 15.9 Å². The Kier molecular flexibility index (Phi) is 5.13. The summed E-state index contributed by atoms with van der Waals surface area (Å²) in [7, 11) is 1.58. The number of aromatic hydroxyl groups is 2. The minimum absolute atomic E-state index is 0.0973. The molecule has 0 spiro atoms. The second-order valence-electron chi connectivity index (χ2n) is 6.86. The summed E-state index contributed by atoms with van der Waals surface area (Å²) >= 11 is 0. The molecule has 2 N–H and O–H groups in total. The molecule has 0 saturated heterocycles. The van der Waals surface area contributed by atoms with Crippen molar-refractivity contribution in [2.45, 2.75) is 38.4 Å². The molecule has 5 nitrogen and oxygen atoms in total. The van der Waals surface area contributed by atoms with Gasteiger partial charge >= 0.3 is 5.97 Å². The average Bonchev–Trinajstić information content (AvgIpc) is 3.26. The number of carbonyl (C=O) groups excluding carboxylic acids is 1. The first-order chi connectivity index (χ1) is 12.0. The highest BCUT2D eigenvalue weighted by atomic mass is 16.5. The predicted molar refractivity (Wildman–Crippen MR) is 93.6 cm³/mol. The van der Waals surface area contributed by atoms with Crippen molar-refractivity contribution in [2.24, 2.45) is 11.8 Å². The van der Waals surface area contributed by atoms with Crippen LogP contribution in [0.2, 0.25) is 0 Å². The maximum atomic E-state index is 12.6. The van der Waals surface area contributed by atoms with E-state index in [0.717, 1.165) is 18.9 Å². The lowest BCUT2D eigenvalue weighted by Crippen LogP contribution is -2.19. The summed E-state index contributed by atoms with van der Waals surface area (Å²) in [6, 6.07) is 2.63. The van der Waals surface area contributed by atoms with E-state index < -0.39 is 5.97 Å². The van der Waals surface area contributed by atoms with E-state index in [4.69, 9.17) is 9.47 Å². The van der Waals surface area contributed by atoms with Crippen LogP contribution in [0.4, 0.5) is 0 Å². The molecule has 134 valence electrons. The topological polar surface area (TPSA) is 76.0 Å². The number of phenols is 2. The summed E-state index contributed by atoms with van der Waals surface area (Å²) < 4.78 is 11.0. The number of methoxy groups -OCH3 is 1. The van der Waals surface area contributed by atoms with Crippen LogP contribution in [0.1, 0.15) is 35.7 Å². The fraction of sp³-hybridized carbons (Fsp3) is 0.450. The van der Waals surface area contributed by atoms with Crippen LogP contribution >= 0.6 is 0 Å². The lowest BCUT2D eigenvalue weighted by molar-refractivity contribution is 0.0306. The van der Waals surface area contributed by atoms with Gasteiger partial charge in [-0.2, -0.15) is 0 Å². The number of fused-ring (bicyclic) bond motifs is 2. The van der Waals surface area contributed by atoms with Crippen molar-refractivity contribution in [1.29, 1.82) is 0 Å². The zero-order valence-electron chi connectivity index (χ0n) is 14.5. The van der Waals surface area contributed by atoms with E-state index in [-0.39, 0.29) is 29.3 Å². The molecule has 1 aromatic carbocycles. The molecule has 3 rings (SSSR count). The molecule has 0 radical (unpaired) electrons. The monoisotopic (exact) mass is 344 g/mol. The number of hydrogen-bond donors (Lipinski definition) is 2. The SMILES string of the molecule is CO[C@H]1/C=C/C=C/[C@H]2C[C@@H]2C[C@@H](C)OC(=O)c2c(O)cc(O)cc2C1. The van der Waals surface area contributed by atoms with E-state index in [2.05, 4.69) is 6.08 Å². The Morgan fingerprint density at radius 2 is 1.92 bits per heavy atom. The molecule has 0 amide bonds. The summed E-state index contributed by atoms with van der Waals surface area (Å²) in [5.74, 6) is 0.123. The van der Waals surface area contributed by atoms with Crippen LogP contribution < -0.4 is 0 Å². The van der Waals surface area contributed by atoms with Crippen molar-refractivity contribution in [3.05, 3.63) is 47.6 Å². The maximum Gasteiger partial charge on any atom is 0.342 e. The smallest absolute Gasteiger partial charge is 0.342 e. The molecular weight excluding hydrogens is 320 g/mol. The minimum Gasteiger partial charge on any atom is -0.508 e. The van der Waals surface area contributed by atoms with Gasteiger partial charge in [-0.05, 0) is 43.2 Å². The fourth-order valence-electron chi connectivity index (χ4n) is 3.40. The van der Waals surface area contributed by atoms with Gasteiger partial charge in [-0.1, -0.05) is 24.3 Å². The number of phenolic OH excluding ortho intramolecular Hbond substituents is 2. The number of ether oxygens (including phenoxy) is 2. The van der Waals surface area contributed by atoms with Gasteiger partial charge in [-0.25, -0.2) is 4.79 Å². The average molecular weight is 344 g/mol. The van der Waals surface area contributed by atoms with E-state index in [1.54, 1.807) is 7.11 Å². The molecule has 0 aromatic heterocycles. The molecule has 2 aliphatic rings. The Morgan fingerprint density at radius 1 is 1.16 bits per heavy atom. The van der Waals surface area contributed by atoms with Gasteiger partial charge in [0, 0.05) is 19.6 Å². The highest BCUT2D eigenvalue weighted by Crippen LogP contribution is 2.43. The molecule has 1 fully saturated rings. The summed E-state index contributed by atoms with van der Waals surface area (Å²) in [5.41, 5.74) is 0.594. The van der Waals surface area contributed by atoms with Crippen LogP contribution in [0.25, 0.3) is 0 Å². The number of benzene rings is 1. The Balaban J connectivity index is 1.96. The fourth-order valence-corrected chi connectivity index (χ4v) is 3.40. The van der Waals surface area contributed by atoms with Gasteiger partial charge in [0.15, 0.2) is 0 Å². The first kappa shape index (κ1) is 17.5. The van der Waals surface area contributed by atoms with Gasteiger partial charge in [0.25, 0.3) is 0 Å². The Labute approximate surface area is 147 Å². The van der Waals surface area contributed by atoms with Crippen LogP contribution in [-0.4, -0.2) is 35.5 Å². The second-order valence-corrected chi connectivity index (χ2v) is 6.86. The molecule has 0 unspecified atom stereocenters. The molecule has 1 heterocycles. The Bertz CT molecular complexity index is 706. The Morgan fingerprint density at radius 3 is 2.68 bits per heavy atom. The van der Waals surface area contributed by atoms with E-state index in [1.807, 2.05) is 25.2 Å². The van der Waals surface area contributed by atoms with Crippen molar-refractivity contribution in [3.63, 3.8) is 0 Å². The predicted octanol–water partition coefficient (Wildman–Crippen LogP) is 3.35. The minimum atomic E-state index is -0.566. The third-order valence-corrected chi connectivity index (χ3v) is 4.83. The number of rotatable bonds is 1. The molecule has 1 aliphatic heterocycles. The number of carbonyl (C=O) groups is 1. The molecule has 1 aromatic rings. The van der Waals surface area contributed by atoms with E-state index >= 15 is 0 Å². The zero-order valence-corrected chi connectivity index (χ0v) is 14.5. The summed E-state index contributed by atoms with van der Waals surface area (Å²) in [4.78, 5) is 12.6. The number of esters is 1. The van der Waals surface area contributed by atoms with Crippen LogP contribution in [0.15, 0.2) is 36.4 Å². The van der Waals surface area contributed by atoms with Crippen molar-refractivity contribution in [2.75, 3.05) is 7.11 Å².